The molecule has 2 aromatic carbocycles. The molecule has 0 aliphatic rings. The van der Waals surface area contributed by atoms with Gasteiger partial charge in [-0.15, -0.1) is 0 Å². The summed E-state index contributed by atoms with van der Waals surface area (Å²) in [5, 5.41) is 2.65. The molecule has 1 aromatic heterocycles. The Morgan fingerprint density at radius 3 is 2.52 bits per heavy atom. The highest BCUT2D eigenvalue weighted by molar-refractivity contribution is 5.99. The van der Waals surface area contributed by atoms with Gasteiger partial charge < -0.3 is 20.2 Å². The molecule has 1 heterocycles. The summed E-state index contributed by atoms with van der Waals surface area (Å²) in [5.74, 6) is -1.66. The number of rotatable bonds is 6. The molecule has 8 heteroatoms. The number of nitrogens with zero attached hydrogens (tertiary/aromatic N) is 1. The monoisotopic (exact) mass is 367 g/mol. The number of anilines is 1. The average Bonchev–Trinajstić information content (AvgIpc) is 3.14. The molecule has 0 saturated carbocycles. The summed E-state index contributed by atoms with van der Waals surface area (Å²) in [6.45, 7) is 1.73. The number of primary amides is 1. The van der Waals surface area contributed by atoms with Gasteiger partial charge in [-0.2, -0.15) is 0 Å². The van der Waals surface area contributed by atoms with Gasteiger partial charge in [0.2, 0.25) is 5.91 Å². The number of carbonyl (C=O) groups excluding carboxylic acids is 3. The number of amides is 2. The van der Waals surface area contributed by atoms with E-state index in [0.717, 1.165) is 0 Å². The average molecular weight is 367 g/mol. The van der Waals surface area contributed by atoms with Crippen molar-refractivity contribution in [3.8, 4) is 0 Å². The molecular weight excluding hydrogens is 350 g/mol. The molecule has 3 rings (SSSR count). The number of fused-ring (bicyclic) bond motifs is 1. The van der Waals surface area contributed by atoms with Crippen molar-refractivity contribution >= 4 is 34.6 Å². The zero-order valence-corrected chi connectivity index (χ0v) is 14.5. The highest BCUT2D eigenvalue weighted by Crippen LogP contribution is 2.17. The van der Waals surface area contributed by atoms with Gasteiger partial charge >= 0.3 is 5.97 Å². The molecule has 27 heavy (non-hydrogen) atoms. The maximum absolute atomic E-state index is 12.4. The highest BCUT2D eigenvalue weighted by atomic mass is 16.5. The smallest absolute Gasteiger partial charge is 0.338 e. The van der Waals surface area contributed by atoms with Gasteiger partial charge in [0.25, 0.3) is 5.91 Å². The minimum absolute atomic E-state index is 0.272. The van der Waals surface area contributed by atoms with Crippen molar-refractivity contribution in [2.75, 3.05) is 5.32 Å². The highest BCUT2D eigenvalue weighted by Gasteiger charge is 2.22. The Bertz CT molecular complexity index is 994. The second-order valence-corrected chi connectivity index (χ2v) is 5.77. The fourth-order valence-corrected chi connectivity index (χ4v) is 2.44. The van der Waals surface area contributed by atoms with Crippen LogP contribution in [-0.4, -0.2) is 28.9 Å². The molecule has 0 fully saturated rings. The molecule has 1 atom stereocenters. The van der Waals surface area contributed by atoms with Crippen LogP contribution in [0.15, 0.2) is 53.3 Å². The van der Waals surface area contributed by atoms with Crippen LogP contribution in [0.2, 0.25) is 0 Å². The van der Waals surface area contributed by atoms with Gasteiger partial charge in [0.15, 0.2) is 18.1 Å². The van der Waals surface area contributed by atoms with E-state index in [0.29, 0.717) is 28.8 Å². The first kappa shape index (κ1) is 18.1. The van der Waals surface area contributed by atoms with E-state index >= 15 is 0 Å². The van der Waals surface area contributed by atoms with Crippen LogP contribution >= 0.6 is 0 Å². The van der Waals surface area contributed by atoms with Crippen molar-refractivity contribution in [1.82, 2.24) is 4.98 Å². The quantitative estimate of drug-likeness (QED) is 0.645. The van der Waals surface area contributed by atoms with Gasteiger partial charge in [-0.25, -0.2) is 9.78 Å². The molecule has 0 aliphatic heterocycles. The van der Waals surface area contributed by atoms with Crippen LogP contribution < -0.4 is 11.1 Å². The van der Waals surface area contributed by atoms with E-state index in [2.05, 4.69) is 10.3 Å². The lowest BCUT2D eigenvalue weighted by Crippen LogP contribution is -2.32. The molecule has 138 valence electrons. The van der Waals surface area contributed by atoms with E-state index < -0.39 is 23.9 Å². The van der Waals surface area contributed by atoms with Crippen LogP contribution in [0.25, 0.3) is 11.1 Å². The summed E-state index contributed by atoms with van der Waals surface area (Å²) < 4.78 is 10.5. The number of aromatic nitrogens is 1. The standard InChI is InChI=1S/C19H17N3O5/c1-2-15(18(24)22-13-6-3-11(4-7-13)17(20)23)27-19(25)12-5-8-16-14(9-12)21-10-26-16/h3-10,15H,2H2,1H3,(H2,20,23)(H,22,24). The van der Waals surface area contributed by atoms with Gasteiger partial charge in [-0.05, 0) is 48.9 Å². The summed E-state index contributed by atoms with van der Waals surface area (Å²) in [4.78, 5) is 39.8. The van der Waals surface area contributed by atoms with Gasteiger partial charge in [-0.1, -0.05) is 6.92 Å². The van der Waals surface area contributed by atoms with Crippen molar-refractivity contribution in [1.29, 1.82) is 0 Å². The van der Waals surface area contributed by atoms with Crippen LogP contribution in [0, 0.1) is 0 Å². The Balaban J connectivity index is 1.67. The molecule has 2 amide bonds. The number of ether oxygens (including phenoxy) is 1. The van der Waals surface area contributed by atoms with Gasteiger partial charge in [0.05, 0.1) is 5.56 Å². The molecule has 0 aliphatic carbocycles. The molecule has 8 nitrogen and oxygen atoms in total. The zero-order chi connectivity index (χ0) is 19.4. The number of oxazole rings is 1. The van der Waals surface area contributed by atoms with Crippen LogP contribution in [0.4, 0.5) is 5.69 Å². The number of hydrogen-bond acceptors (Lipinski definition) is 6. The predicted molar refractivity (Wildman–Crippen MR) is 97.1 cm³/mol. The van der Waals surface area contributed by atoms with Crippen LogP contribution in [0.1, 0.15) is 34.1 Å². The minimum atomic E-state index is -0.971. The first-order valence-electron chi connectivity index (χ1n) is 8.23. The van der Waals surface area contributed by atoms with Crippen molar-refractivity contribution in [3.63, 3.8) is 0 Å². The second kappa shape index (κ2) is 7.69. The zero-order valence-electron chi connectivity index (χ0n) is 14.5. The summed E-state index contributed by atoms with van der Waals surface area (Å²) in [6.07, 6.45) is 0.607. The normalized spacial score (nSPS) is 11.7. The van der Waals surface area contributed by atoms with Crippen molar-refractivity contribution < 1.29 is 23.5 Å². The first-order valence-corrected chi connectivity index (χ1v) is 8.23. The molecular formula is C19H17N3O5. The molecule has 0 radical (unpaired) electrons. The Labute approximate surface area is 154 Å². The Morgan fingerprint density at radius 1 is 1.15 bits per heavy atom. The van der Waals surface area contributed by atoms with Gasteiger partial charge in [0.1, 0.15) is 5.52 Å². The fourth-order valence-electron chi connectivity index (χ4n) is 2.44. The van der Waals surface area contributed by atoms with E-state index in [4.69, 9.17) is 14.9 Å². The van der Waals surface area contributed by atoms with E-state index in [9.17, 15) is 14.4 Å². The fraction of sp³-hybridized carbons (Fsp3) is 0.158. The third-order valence-electron chi connectivity index (χ3n) is 3.92. The first-order chi connectivity index (χ1) is 13.0. The summed E-state index contributed by atoms with van der Waals surface area (Å²) in [5.41, 5.74) is 7.32. The number of nitrogens with one attached hydrogen (secondary N) is 1. The summed E-state index contributed by atoms with van der Waals surface area (Å²) in [6, 6.07) is 10.8. The number of carbonyl (C=O) groups is 3. The van der Waals surface area contributed by atoms with Crippen LogP contribution in [0.5, 0.6) is 0 Å². The molecule has 0 spiro atoms. The van der Waals surface area contributed by atoms with Gasteiger partial charge in [-0.3, -0.25) is 9.59 Å². The van der Waals surface area contributed by atoms with E-state index in [1.165, 1.54) is 24.6 Å². The molecule has 1 unspecified atom stereocenters. The Hall–Kier alpha value is -3.68. The number of nitrogens with two attached hydrogens (primary N) is 1. The number of hydrogen-bond donors (Lipinski definition) is 2. The van der Waals surface area contributed by atoms with E-state index in [-0.39, 0.29) is 5.56 Å². The van der Waals surface area contributed by atoms with E-state index in [1.807, 2.05) is 0 Å². The molecule has 0 saturated heterocycles. The van der Waals surface area contributed by atoms with Crippen molar-refractivity contribution in [2.45, 2.75) is 19.4 Å². The third-order valence-corrected chi connectivity index (χ3v) is 3.92. The lowest BCUT2D eigenvalue weighted by molar-refractivity contribution is -0.124. The predicted octanol–water partition coefficient (Wildman–Crippen LogP) is 2.50. The van der Waals surface area contributed by atoms with Gasteiger partial charge in [0, 0.05) is 11.3 Å². The maximum Gasteiger partial charge on any atom is 0.338 e. The number of esters is 1. The van der Waals surface area contributed by atoms with Crippen molar-refractivity contribution in [2.24, 2.45) is 5.73 Å². The minimum Gasteiger partial charge on any atom is -0.449 e. The van der Waals surface area contributed by atoms with Crippen molar-refractivity contribution in [3.05, 3.63) is 60.0 Å². The van der Waals surface area contributed by atoms with Crippen LogP contribution in [0.3, 0.4) is 0 Å². The second-order valence-electron chi connectivity index (χ2n) is 5.77. The topological polar surface area (TPSA) is 125 Å². The summed E-state index contributed by atoms with van der Waals surface area (Å²) >= 11 is 0. The lowest BCUT2D eigenvalue weighted by Gasteiger charge is -2.16. The molecule has 0 bridgehead atoms. The largest absolute Gasteiger partial charge is 0.449 e. The molecule has 3 N–H and O–H groups in total. The van der Waals surface area contributed by atoms with E-state index in [1.54, 1.807) is 31.2 Å². The van der Waals surface area contributed by atoms with Crippen LogP contribution in [-0.2, 0) is 9.53 Å². The maximum atomic E-state index is 12.4. The lowest BCUT2D eigenvalue weighted by atomic mass is 10.2. The Morgan fingerprint density at radius 2 is 1.85 bits per heavy atom. The molecule has 3 aromatic rings. The number of benzene rings is 2. The SMILES string of the molecule is CCC(OC(=O)c1ccc2ocnc2c1)C(=O)Nc1ccc(C(N)=O)cc1. The third kappa shape index (κ3) is 4.12. The summed E-state index contributed by atoms with van der Waals surface area (Å²) in [7, 11) is 0. The Kier molecular flexibility index (Phi) is 5.16.